The van der Waals surface area contributed by atoms with Crippen molar-refractivity contribution in [3.8, 4) is 5.75 Å². The van der Waals surface area contributed by atoms with Crippen LogP contribution in [0.4, 0.5) is 0 Å². The number of rotatable bonds is 2. The molecule has 0 radical (unpaired) electrons. The van der Waals surface area contributed by atoms with E-state index in [1.165, 1.54) is 24.0 Å². The van der Waals surface area contributed by atoms with E-state index in [1.54, 1.807) is 7.11 Å². The quantitative estimate of drug-likeness (QED) is 0.775. The van der Waals surface area contributed by atoms with Crippen LogP contribution in [-0.2, 0) is 0 Å². The Morgan fingerprint density at radius 3 is 2.93 bits per heavy atom. The Labute approximate surface area is 85.3 Å². The highest BCUT2D eigenvalue weighted by molar-refractivity contribution is 5.39. The van der Waals surface area contributed by atoms with Crippen LogP contribution in [0.5, 0.6) is 5.75 Å². The summed E-state index contributed by atoms with van der Waals surface area (Å²) in [5.74, 6) is 1.02. The van der Waals surface area contributed by atoms with Crippen molar-refractivity contribution in [3.05, 3.63) is 29.3 Å². The lowest BCUT2D eigenvalue weighted by atomic mass is 10.0. The summed E-state index contributed by atoms with van der Waals surface area (Å²) in [6.07, 6.45) is 2.49. The van der Waals surface area contributed by atoms with E-state index in [0.29, 0.717) is 6.04 Å². The summed E-state index contributed by atoms with van der Waals surface area (Å²) >= 11 is 0. The molecule has 1 heterocycles. The molecule has 14 heavy (non-hydrogen) atoms. The molecule has 0 saturated carbocycles. The maximum atomic E-state index is 5.40. The molecule has 1 fully saturated rings. The summed E-state index contributed by atoms with van der Waals surface area (Å²) in [5.41, 5.74) is 2.55. The van der Waals surface area contributed by atoms with Crippen molar-refractivity contribution in [2.75, 3.05) is 13.7 Å². The third-order valence-electron chi connectivity index (χ3n) is 2.82. The number of benzene rings is 1. The van der Waals surface area contributed by atoms with Crippen LogP contribution in [0.2, 0.25) is 0 Å². The topological polar surface area (TPSA) is 21.3 Å². The molecular formula is C12H17NO. The third-order valence-corrected chi connectivity index (χ3v) is 2.82. The summed E-state index contributed by atoms with van der Waals surface area (Å²) in [6, 6.07) is 6.93. The molecule has 2 heteroatoms. The maximum Gasteiger partial charge on any atom is 0.123 e. The molecule has 2 rings (SSSR count). The lowest BCUT2D eigenvalue weighted by Gasteiger charge is -2.15. The van der Waals surface area contributed by atoms with Gasteiger partial charge in [0.25, 0.3) is 0 Å². The van der Waals surface area contributed by atoms with E-state index >= 15 is 0 Å². The smallest absolute Gasteiger partial charge is 0.123 e. The van der Waals surface area contributed by atoms with Crippen LogP contribution in [0.15, 0.2) is 18.2 Å². The van der Waals surface area contributed by atoms with E-state index in [1.807, 2.05) is 0 Å². The monoisotopic (exact) mass is 191 g/mol. The second-order valence-electron chi connectivity index (χ2n) is 3.89. The van der Waals surface area contributed by atoms with Gasteiger partial charge in [0.1, 0.15) is 5.75 Å². The minimum atomic E-state index is 0.491. The Bertz CT molecular complexity index is 316. The predicted octanol–water partition coefficient (Wildman–Crippen LogP) is 2.43. The minimum Gasteiger partial charge on any atom is -0.496 e. The summed E-state index contributed by atoms with van der Waals surface area (Å²) < 4.78 is 5.40. The SMILES string of the molecule is COc1cc(C)ccc1C1CCCN1. The Kier molecular flexibility index (Phi) is 2.73. The molecule has 1 aliphatic rings. The van der Waals surface area contributed by atoms with Gasteiger partial charge in [0, 0.05) is 11.6 Å². The molecule has 0 spiro atoms. The zero-order valence-corrected chi connectivity index (χ0v) is 8.84. The predicted molar refractivity (Wildman–Crippen MR) is 57.7 cm³/mol. The third kappa shape index (κ3) is 1.75. The van der Waals surface area contributed by atoms with Crippen molar-refractivity contribution in [2.45, 2.75) is 25.8 Å². The van der Waals surface area contributed by atoms with Gasteiger partial charge in [-0.2, -0.15) is 0 Å². The molecule has 1 aliphatic heterocycles. The molecule has 0 bridgehead atoms. The van der Waals surface area contributed by atoms with Gasteiger partial charge in [0.2, 0.25) is 0 Å². The summed E-state index contributed by atoms with van der Waals surface area (Å²) in [6.45, 7) is 3.22. The molecule has 1 unspecified atom stereocenters. The number of ether oxygens (including phenoxy) is 1. The summed E-state index contributed by atoms with van der Waals surface area (Å²) in [7, 11) is 1.74. The Morgan fingerprint density at radius 1 is 1.43 bits per heavy atom. The van der Waals surface area contributed by atoms with Crippen LogP contribution in [0.3, 0.4) is 0 Å². The molecule has 0 amide bonds. The fourth-order valence-electron chi connectivity index (χ4n) is 2.06. The molecule has 1 aromatic carbocycles. The van der Waals surface area contributed by atoms with Crippen molar-refractivity contribution in [3.63, 3.8) is 0 Å². The first-order valence-electron chi connectivity index (χ1n) is 5.19. The van der Waals surface area contributed by atoms with E-state index in [9.17, 15) is 0 Å². The lowest BCUT2D eigenvalue weighted by molar-refractivity contribution is 0.403. The minimum absolute atomic E-state index is 0.491. The van der Waals surface area contributed by atoms with Crippen molar-refractivity contribution >= 4 is 0 Å². The summed E-state index contributed by atoms with van der Waals surface area (Å²) in [4.78, 5) is 0. The summed E-state index contributed by atoms with van der Waals surface area (Å²) in [5, 5.41) is 3.49. The van der Waals surface area contributed by atoms with Gasteiger partial charge in [-0.05, 0) is 37.9 Å². The van der Waals surface area contributed by atoms with Gasteiger partial charge in [-0.15, -0.1) is 0 Å². The molecule has 0 aliphatic carbocycles. The van der Waals surface area contributed by atoms with Crippen LogP contribution < -0.4 is 10.1 Å². The molecule has 76 valence electrons. The molecule has 0 aromatic heterocycles. The average molecular weight is 191 g/mol. The molecular weight excluding hydrogens is 174 g/mol. The Morgan fingerprint density at radius 2 is 2.29 bits per heavy atom. The van der Waals surface area contributed by atoms with Gasteiger partial charge < -0.3 is 10.1 Å². The number of nitrogens with one attached hydrogen (secondary N) is 1. The van der Waals surface area contributed by atoms with Crippen molar-refractivity contribution in [1.82, 2.24) is 5.32 Å². The zero-order valence-electron chi connectivity index (χ0n) is 8.84. The van der Waals surface area contributed by atoms with Gasteiger partial charge >= 0.3 is 0 Å². The average Bonchev–Trinajstić information content (AvgIpc) is 2.70. The fraction of sp³-hybridized carbons (Fsp3) is 0.500. The fourth-order valence-corrected chi connectivity index (χ4v) is 2.06. The van der Waals surface area contributed by atoms with Crippen molar-refractivity contribution < 1.29 is 4.74 Å². The largest absolute Gasteiger partial charge is 0.496 e. The van der Waals surface area contributed by atoms with E-state index in [2.05, 4.69) is 30.4 Å². The van der Waals surface area contributed by atoms with Gasteiger partial charge in [-0.1, -0.05) is 12.1 Å². The maximum absolute atomic E-state index is 5.40. The number of hydrogen-bond donors (Lipinski definition) is 1. The highest BCUT2D eigenvalue weighted by Gasteiger charge is 2.19. The number of hydrogen-bond acceptors (Lipinski definition) is 2. The highest BCUT2D eigenvalue weighted by Crippen LogP contribution is 2.31. The van der Waals surface area contributed by atoms with Crippen molar-refractivity contribution in [1.29, 1.82) is 0 Å². The Balaban J connectivity index is 2.31. The number of aryl methyl sites for hydroxylation is 1. The lowest BCUT2D eigenvalue weighted by Crippen LogP contribution is -2.13. The number of methoxy groups -OCH3 is 1. The molecule has 1 N–H and O–H groups in total. The van der Waals surface area contributed by atoms with E-state index in [0.717, 1.165) is 12.3 Å². The first kappa shape index (κ1) is 9.53. The normalized spacial score (nSPS) is 21.1. The van der Waals surface area contributed by atoms with Crippen LogP contribution in [0.25, 0.3) is 0 Å². The molecule has 1 atom stereocenters. The van der Waals surface area contributed by atoms with Gasteiger partial charge in [-0.3, -0.25) is 0 Å². The zero-order chi connectivity index (χ0) is 9.97. The van der Waals surface area contributed by atoms with Crippen molar-refractivity contribution in [2.24, 2.45) is 0 Å². The van der Waals surface area contributed by atoms with Crippen LogP contribution in [0, 0.1) is 6.92 Å². The van der Waals surface area contributed by atoms with E-state index in [4.69, 9.17) is 4.74 Å². The molecule has 1 aromatic rings. The van der Waals surface area contributed by atoms with E-state index < -0.39 is 0 Å². The van der Waals surface area contributed by atoms with Crippen LogP contribution in [0.1, 0.15) is 30.0 Å². The first-order valence-corrected chi connectivity index (χ1v) is 5.19. The molecule has 1 saturated heterocycles. The van der Waals surface area contributed by atoms with Gasteiger partial charge in [0.15, 0.2) is 0 Å². The standard InChI is InChI=1S/C12H17NO/c1-9-5-6-10(12(8-9)14-2)11-4-3-7-13-11/h5-6,8,11,13H,3-4,7H2,1-2H3. The van der Waals surface area contributed by atoms with Gasteiger partial charge in [0.05, 0.1) is 7.11 Å². The van der Waals surface area contributed by atoms with Gasteiger partial charge in [-0.25, -0.2) is 0 Å². The molecule has 2 nitrogen and oxygen atoms in total. The van der Waals surface area contributed by atoms with Crippen LogP contribution >= 0.6 is 0 Å². The Hall–Kier alpha value is -1.02. The second-order valence-corrected chi connectivity index (χ2v) is 3.89. The second kappa shape index (κ2) is 4.01. The highest BCUT2D eigenvalue weighted by atomic mass is 16.5. The van der Waals surface area contributed by atoms with Crippen LogP contribution in [-0.4, -0.2) is 13.7 Å². The van der Waals surface area contributed by atoms with E-state index in [-0.39, 0.29) is 0 Å². The first-order chi connectivity index (χ1) is 6.81.